The molecule has 134 valence electrons. The van der Waals surface area contributed by atoms with Crippen LogP contribution in [0.5, 0.6) is 0 Å². The topological polar surface area (TPSA) is 75.3 Å². The first-order valence-electron chi connectivity index (χ1n) is 7.80. The van der Waals surface area contributed by atoms with Gasteiger partial charge in [-0.05, 0) is 42.4 Å². The summed E-state index contributed by atoms with van der Waals surface area (Å²) in [5.41, 5.74) is 1.29. The van der Waals surface area contributed by atoms with Crippen molar-refractivity contribution in [2.45, 2.75) is 17.4 Å². The molecule has 0 aliphatic rings. The second-order valence-corrected chi connectivity index (χ2v) is 7.77. The largest absolute Gasteiger partial charge is 0.345 e. The zero-order chi connectivity index (χ0) is 18.4. The van der Waals surface area contributed by atoms with Gasteiger partial charge in [0.25, 0.3) is 0 Å². The number of amides is 1. The Morgan fingerprint density at radius 1 is 1.12 bits per heavy atom. The van der Waals surface area contributed by atoms with Crippen molar-refractivity contribution in [3.05, 3.63) is 65.5 Å². The molecule has 0 bridgehead atoms. The quantitative estimate of drug-likeness (QED) is 0.788. The normalized spacial score (nSPS) is 12.6. The van der Waals surface area contributed by atoms with Crippen LogP contribution in [0.15, 0.2) is 53.4 Å². The first-order chi connectivity index (χ1) is 11.8. The van der Waals surface area contributed by atoms with Gasteiger partial charge in [-0.2, -0.15) is 0 Å². The van der Waals surface area contributed by atoms with E-state index in [0.29, 0.717) is 17.7 Å². The predicted octanol–water partition coefficient (Wildman–Crippen LogP) is 2.04. The Morgan fingerprint density at radius 2 is 1.80 bits per heavy atom. The third-order valence-corrected chi connectivity index (χ3v) is 4.84. The summed E-state index contributed by atoms with van der Waals surface area (Å²) in [5, 5.41) is 5.78. The second kappa shape index (κ2) is 8.22. The summed E-state index contributed by atoms with van der Waals surface area (Å²) < 4.78 is 36.8. The summed E-state index contributed by atoms with van der Waals surface area (Å²) in [7, 11) is -1.62. The Labute approximate surface area is 147 Å². The average molecular weight is 364 g/mol. The van der Waals surface area contributed by atoms with Crippen LogP contribution in [0, 0.1) is 5.82 Å². The van der Waals surface area contributed by atoms with Crippen LogP contribution in [0.3, 0.4) is 0 Å². The summed E-state index contributed by atoms with van der Waals surface area (Å²) in [6, 6.07) is 11.6. The van der Waals surface area contributed by atoms with Gasteiger partial charge in [-0.1, -0.05) is 24.3 Å². The van der Waals surface area contributed by atoms with Gasteiger partial charge in [0.2, 0.25) is 5.91 Å². The molecule has 0 heterocycles. The van der Waals surface area contributed by atoms with E-state index in [2.05, 4.69) is 10.6 Å². The molecule has 0 saturated heterocycles. The smallest absolute Gasteiger partial charge is 0.222 e. The molecule has 0 aromatic heterocycles. The molecule has 0 spiro atoms. The predicted molar refractivity (Wildman–Crippen MR) is 94.5 cm³/mol. The number of hydrogen-bond acceptors (Lipinski definition) is 4. The van der Waals surface area contributed by atoms with Crippen LogP contribution >= 0.6 is 0 Å². The van der Waals surface area contributed by atoms with E-state index in [1.54, 1.807) is 31.3 Å². The monoisotopic (exact) mass is 364 g/mol. The standard InChI is InChI=1S/C18H21FN2O3S/c1-20-11-10-17(22)21-18(13-6-8-15(19)9-7-13)14-4-3-5-16(12-14)25(2,23)24/h3-9,12,18,20H,10-11H2,1-2H3,(H,21,22). The summed E-state index contributed by atoms with van der Waals surface area (Å²) in [4.78, 5) is 12.3. The molecule has 0 aliphatic carbocycles. The van der Waals surface area contributed by atoms with Gasteiger partial charge in [-0.15, -0.1) is 0 Å². The molecule has 0 saturated carbocycles. The molecule has 0 fully saturated rings. The van der Waals surface area contributed by atoms with Crippen LogP contribution in [0.4, 0.5) is 4.39 Å². The van der Waals surface area contributed by atoms with E-state index >= 15 is 0 Å². The molecule has 1 amide bonds. The Hall–Kier alpha value is -2.25. The van der Waals surface area contributed by atoms with Crippen LogP contribution < -0.4 is 10.6 Å². The lowest BCUT2D eigenvalue weighted by Crippen LogP contribution is -2.31. The fourth-order valence-corrected chi connectivity index (χ4v) is 3.09. The van der Waals surface area contributed by atoms with Gasteiger partial charge in [0, 0.05) is 19.2 Å². The van der Waals surface area contributed by atoms with Crippen molar-refractivity contribution in [2.24, 2.45) is 0 Å². The highest BCUT2D eigenvalue weighted by molar-refractivity contribution is 7.90. The van der Waals surface area contributed by atoms with Gasteiger partial charge in [-0.3, -0.25) is 4.79 Å². The molecular weight excluding hydrogens is 343 g/mol. The van der Waals surface area contributed by atoms with Gasteiger partial charge in [0.1, 0.15) is 5.82 Å². The molecule has 5 nitrogen and oxygen atoms in total. The van der Waals surface area contributed by atoms with E-state index in [4.69, 9.17) is 0 Å². The van der Waals surface area contributed by atoms with E-state index in [0.717, 1.165) is 6.26 Å². The minimum atomic E-state index is -3.37. The number of carbonyl (C=O) groups is 1. The molecule has 25 heavy (non-hydrogen) atoms. The van der Waals surface area contributed by atoms with Crippen LogP contribution in [0.1, 0.15) is 23.6 Å². The molecule has 1 atom stereocenters. The molecule has 2 rings (SSSR count). The van der Waals surface area contributed by atoms with Gasteiger partial charge in [0.15, 0.2) is 9.84 Å². The molecule has 2 aromatic carbocycles. The van der Waals surface area contributed by atoms with Crippen molar-refractivity contribution >= 4 is 15.7 Å². The lowest BCUT2D eigenvalue weighted by molar-refractivity contribution is -0.121. The number of halogens is 1. The number of hydrogen-bond donors (Lipinski definition) is 2. The molecule has 0 radical (unpaired) electrons. The van der Waals surface area contributed by atoms with Gasteiger partial charge in [-0.25, -0.2) is 12.8 Å². The Bertz CT molecular complexity index is 836. The maximum absolute atomic E-state index is 13.2. The Kier molecular flexibility index (Phi) is 6.27. The molecule has 1 unspecified atom stereocenters. The van der Waals surface area contributed by atoms with E-state index in [9.17, 15) is 17.6 Å². The van der Waals surface area contributed by atoms with Gasteiger partial charge < -0.3 is 10.6 Å². The van der Waals surface area contributed by atoms with Crippen LogP contribution in [0.25, 0.3) is 0 Å². The first-order valence-corrected chi connectivity index (χ1v) is 9.70. The van der Waals surface area contributed by atoms with Gasteiger partial charge >= 0.3 is 0 Å². The molecule has 2 aromatic rings. The third-order valence-electron chi connectivity index (χ3n) is 3.73. The number of carbonyl (C=O) groups excluding carboxylic acids is 1. The SMILES string of the molecule is CNCCC(=O)NC(c1ccc(F)cc1)c1cccc(S(C)(=O)=O)c1. The number of benzene rings is 2. The first kappa shape index (κ1) is 19.1. The number of sulfone groups is 1. The summed E-state index contributed by atoms with van der Waals surface area (Å²) >= 11 is 0. The van der Waals surface area contributed by atoms with Crippen LogP contribution in [0.2, 0.25) is 0 Å². The third kappa shape index (κ3) is 5.37. The molecular formula is C18H21FN2O3S. The molecule has 7 heteroatoms. The van der Waals surface area contributed by atoms with E-state index in [1.807, 2.05) is 0 Å². The van der Waals surface area contributed by atoms with Crippen molar-refractivity contribution in [1.29, 1.82) is 0 Å². The van der Waals surface area contributed by atoms with Gasteiger partial charge in [0.05, 0.1) is 10.9 Å². The fraction of sp³-hybridized carbons (Fsp3) is 0.278. The van der Waals surface area contributed by atoms with E-state index < -0.39 is 15.9 Å². The Morgan fingerprint density at radius 3 is 2.40 bits per heavy atom. The highest BCUT2D eigenvalue weighted by Crippen LogP contribution is 2.25. The lowest BCUT2D eigenvalue weighted by Gasteiger charge is -2.20. The summed E-state index contributed by atoms with van der Waals surface area (Å²) in [6.45, 7) is 0.519. The van der Waals surface area contributed by atoms with Crippen molar-refractivity contribution in [2.75, 3.05) is 19.8 Å². The second-order valence-electron chi connectivity index (χ2n) is 5.75. The molecule has 2 N–H and O–H groups in total. The van der Waals surface area contributed by atoms with Crippen molar-refractivity contribution in [1.82, 2.24) is 10.6 Å². The average Bonchev–Trinajstić information content (AvgIpc) is 2.58. The van der Waals surface area contributed by atoms with E-state index in [1.165, 1.54) is 24.3 Å². The van der Waals surface area contributed by atoms with E-state index in [-0.39, 0.29) is 23.0 Å². The van der Waals surface area contributed by atoms with Crippen LogP contribution in [-0.2, 0) is 14.6 Å². The number of nitrogens with one attached hydrogen (secondary N) is 2. The summed E-state index contributed by atoms with van der Waals surface area (Å²) in [5.74, 6) is -0.567. The number of rotatable bonds is 7. The maximum Gasteiger partial charge on any atom is 0.222 e. The molecule has 0 aliphatic heterocycles. The van der Waals surface area contributed by atoms with Crippen LogP contribution in [-0.4, -0.2) is 34.2 Å². The maximum atomic E-state index is 13.2. The van der Waals surface area contributed by atoms with Crippen molar-refractivity contribution < 1.29 is 17.6 Å². The zero-order valence-corrected chi connectivity index (χ0v) is 14.9. The van der Waals surface area contributed by atoms with Crippen molar-refractivity contribution in [3.63, 3.8) is 0 Å². The highest BCUT2D eigenvalue weighted by atomic mass is 32.2. The van der Waals surface area contributed by atoms with Crippen molar-refractivity contribution in [3.8, 4) is 0 Å². The minimum Gasteiger partial charge on any atom is -0.345 e. The lowest BCUT2D eigenvalue weighted by atomic mass is 9.98. The Balaban J connectivity index is 2.40. The summed E-state index contributed by atoms with van der Waals surface area (Å²) in [6.07, 6.45) is 1.41. The zero-order valence-electron chi connectivity index (χ0n) is 14.1. The minimum absolute atomic E-state index is 0.168. The highest BCUT2D eigenvalue weighted by Gasteiger charge is 2.19. The fourth-order valence-electron chi connectivity index (χ4n) is 2.41.